The van der Waals surface area contributed by atoms with E-state index in [9.17, 15) is 24.3 Å². The highest BCUT2D eigenvalue weighted by atomic mass is 127. The molecule has 0 amide bonds. The Bertz CT molecular complexity index is 1450. The van der Waals surface area contributed by atoms with E-state index in [0.717, 1.165) is 10.1 Å². The minimum atomic E-state index is -0.621. The van der Waals surface area contributed by atoms with Gasteiger partial charge in [-0.3, -0.25) is 9.59 Å². The molecule has 2 atom stereocenters. The van der Waals surface area contributed by atoms with Gasteiger partial charge in [0.25, 0.3) is 0 Å². The zero-order valence-electron chi connectivity index (χ0n) is 17.9. The van der Waals surface area contributed by atoms with E-state index in [1.165, 1.54) is 28.6 Å². The van der Waals surface area contributed by atoms with E-state index >= 15 is 0 Å². The summed E-state index contributed by atoms with van der Waals surface area (Å²) in [6.45, 7) is 2.31. The maximum atomic E-state index is 13.3. The minimum absolute atomic E-state index is 0.0339. The maximum Gasteiger partial charge on any atom is 0.347 e. The Hall–Kier alpha value is -3.15. The van der Waals surface area contributed by atoms with Crippen LogP contribution in [0, 0.1) is 0 Å². The first-order chi connectivity index (χ1) is 15.7. The first-order valence-corrected chi connectivity index (χ1v) is 11.6. The Balaban J connectivity index is 1.77. The number of benzene rings is 1. The van der Waals surface area contributed by atoms with Gasteiger partial charge in [-0.1, -0.05) is 12.1 Å². The van der Waals surface area contributed by atoms with Gasteiger partial charge < -0.3 is 9.84 Å². The predicted molar refractivity (Wildman–Crippen MR) is 127 cm³/mol. The summed E-state index contributed by atoms with van der Waals surface area (Å²) in [5.74, 6) is -0.892. The van der Waals surface area contributed by atoms with E-state index < -0.39 is 23.3 Å². The van der Waals surface area contributed by atoms with Crippen molar-refractivity contribution in [3.63, 3.8) is 0 Å². The van der Waals surface area contributed by atoms with Gasteiger partial charge in [0.1, 0.15) is 0 Å². The molecule has 0 saturated carbocycles. The molecule has 0 saturated heterocycles. The van der Waals surface area contributed by atoms with E-state index in [2.05, 4.69) is 0 Å². The third-order valence-electron chi connectivity index (χ3n) is 6.41. The van der Waals surface area contributed by atoms with Gasteiger partial charge in [0.2, 0.25) is 0 Å². The molecule has 5 rings (SSSR count). The van der Waals surface area contributed by atoms with E-state index in [1.807, 2.05) is 28.7 Å². The van der Waals surface area contributed by atoms with Crippen molar-refractivity contribution in [3.05, 3.63) is 77.2 Å². The lowest BCUT2D eigenvalue weighted by Crippen LogP contribution is -2.40. The molecule has 0 spiro atoms. The quantitative estimate of drug-likeness (QED) is 0.348. The van der Waals surface area contributed by atoms with Crippen molar-refractivity contribution >= 4 is 34.2 Å². The Morgan fingerprint density at radius 2 is 1.94 bits per heavy atom. The van der Waals surface area contributed by atoms with Crippen LogP contribution >= 0.6 is 22.6 Å². The number of carbonyl (C=O) groups is 2. The standard InChI is InChI=1S/C23H20IN3O6/c1-3-33-18-8-11(4-5-16(18)28)19-12-6-7-26-22(31)25(2)23(32)27(26)15(12)9-13-17(29)10-14(24)21(30)20(13)19/h4-6,8,10,15,19,28H,3,7,9H2,1-2H3/t15-,19+/m1/s1. The van der Waals surface area contributed by atoms with Gasteiger partial charge in [0.05, 0.1) is 22.8 Å². The first kappa shape index (κ1) is 21.7. The number of ketones is 2. The monoisotopic (exact) mass is 561 g/mol. The van der Waals surface area contributed by atoms with Crippen LogP contribution in [0.15, 0.2) is 60.2 Å². The summed E-state index contributed by atoms with van der Waals surface area (Å²) < 4.78 is 9.66. The third kappa shape index (κ3) is 3.10. The maximum absolute atomic E-state index is 13.3. The summed E-state index contributed by atoms with van der Waals surface area (Å²) in [5, 5.41) is 10.2. The minimum Gasteiger partial charge on any atom is -0.504 e. The number of phenols is 1. The van der Waals surface area contributed by atoms with Gasteiger partial charge >= 0.3 is 11.4 Å². The second-order valence-corrected chi connectivity index (χ2v) is 9.31. The number of ether oxygens (including phenoxy) is 1. The van der Waals surface area contributed by atoms with Crippen LogP contribution in [0.2, 0.25) is 0 Å². The number of allylic oxidation sites excluding steroid dienone is 6. The van der Waals surface area contributed by atoms with Gasteiger partial charge in [0.15, 0.2) is 23.1 Å². The van der Waals surface area contributed by atoms with Crippen LogP contribution < -0.4 is 16.1 Å². The average Bonchev–Trinajstić information content (AvgIpc) is 3.02. The summed E-state index contributed by atoms with van der Waals surface area (Å²) in [6.07, 6.45) is 3.32. The van der Waals surface area contributed by atoms with Crippen LogP contribution in [0.4, 0.5) is 0 Å². The van der Waals surface area contributed by atoms with Crippen molar-refractivity contribution in [2.24, 2.45) is 7.05 Å². The lowest BCUT2D eigenvalue weighted by Gasteiger charge is -2.39. The topological polar surface area (TPSA) is 113 Å². The summed E-state index contributed by atoms with van der Waals surface area (Å²) in [7, 11) is 1.42. The highest BCUT2D eigenvalue weighted by Gasteiger charge is 2.45. The number of phenolic OH excluding ortho intramolecular Hbond substituents is 1. The number of hydrogen-bond donors (Lipinski definition) is 1. The molecule has 2 aliphatic carbocycles. The van der Waals surface area contributed by atoms with Crippen molar-refractivity contribution in [1.82, 2.24) is 13.9 Å². The van der Waals surface area contributed by atoms with E-state index in [-0.39, 0.29) is 36.0 Å². The largest absolute Gasteiger partial charge is 0.504 e. The summed E-state index contributed by atoms with van der Waals surface area (Å²) in [6, 6.07) is 4.26. The lowest BCUT2D eigenvalue weighted by atomic mass is 9.69. The molecule has 1 aromatic carbocycles. The zero-order chi connectivity index (χ0) is 23.6. The number of halogens is 1. The van der Waals surface area contributed by atoms with E-state index in [0.29, 0.717) is 26.9 Å². The lowest BCUT2D eigenvalue weighted by molar-refractivity contribution is -0.115. The molecule has 10 heteroatoms. The van der Waals surface area contributed by atoms with Gasteiger partial charge in [0, 0.05) is 36.6 Å². The number of nitrogens with zero attached hydrogens (tertiary/aromatic N) is 3. The van der Waals surface area contributed by atoms with Crippen LogP contribution in [0.3, 0.4) is 0 Å². The number of Topliss-reactive ketones (excluding diaryl/α,β-unsaturated/α-hetero) is 1. The van der Waals surface area contributed by atoms with Gasteiger partial charge in [-0.05, 0) is 52.8 Å². The molecule has 0 unspecified atom stereocenters. The van der Waals surface area contributed by atoms with Crippen LogP contribution in [-0.4, -0.2) is 37.2 Å². The van der Waals surface area contributed by atoms with E-state index in [1.54, 1.807) is 19.1 Å². The van der Waals surface area contributed by atoms with E-state index in [4.69, 9.17) is 4.74 Å². The number of rotatable bonds is 3. The third-order valence-corrected chi connectivity index (χ3v) is 7.21. The van der Waals surface area contributed by atoms with Crippen molar-refractivity contribution in [3.8, 4) is 11.5 Å². The molecule has 3 aliphatic rings. The summed E-state index contributed by atoms with van der Waals surface area (Å²) in [4.78, 5) is 51.7. The Kier molecular flexibility index (Phi) is 5.07. The molecular formula is C23H20IN3O6. The fraction of sp³-hybridized carbons (Fsp3) is 0.304. The molecule has 0 fully saturated rings. The first-order valence-electron chi connectivity index (χ1n) is 10.5. The fourth-order valence-corrected chi connectivity index (χ4v) is 5.51. The summed E-state index contributed by atoms with van der Waals surface area (Å²) >= 11 is 1.87. The molecule has 1 N–H and O–H groups in total. The molecule has 1 aromatic heterocycles. The molecule has 1 aliphatic heterocycles. The van der Waals surface area contributed by atoms with Crippen molar-refractivity contribution in [2.75, 3.05) is 6.61 Å². The molecule has 170 valence electrons. The number of carbonyl (C=O) groups excluding carboxylic acids is 2. The number of aromatic nitrogens is 3. The van der Waals surface area contributed by atoms with Crippen LogP contribution in [-0.2, 0) is 23.2 Å². The van der Waals surface area contributed by atoms with Crippen molar-refractivity contribution in [1.29, 1.82) is 0 Å². The Morgan fingerprint density at radius 1 is 1.18 bits per heavy atom. The molecule has 2 heterocycles. The summed E-state index contributed by atoms with van der Waals surface area (Å²) in [5.41, 5.74) is 1.24. The predicted octanol–water partition coefficient (Wildman–Crippen LogP) is 1.89. The molecule has 0 bridgehead atoms. The van der Waals surface area contributed by atoms with Gasteiger partial charge in [-0.2, -0.15) is 0 Å². The van der Waals surface area contributed by atoms with Crippen molar-refractivity contribution in [2.45, 2.75) is 31.8 Å². The van der Waals surface area contributed by atoms with Crippen LogP contribution in [0.1, 0.15) is 30.9 Å². The number of fused-ring (bicyclic) bond motifs is 3. The highest BCUT2D eigenvalue weighted by molar-refractivity contribution is 14.1. The number of aromatic hydroxyl groups is 1. The highest BCUT2D eigenvalue weighted by Crippen LogP contribution is 2.51. The number of hydrogen-bond acceptors (Lipinski definition) is 6. The Morgan fingerprint density at radius 3 is 2.67 bits per heavy atom. The molecule has 33 heavy (non-hydrogen) atoms. The zero-order valence-corrected chi connectivity index (χ0v) is 20.0. The van der Waals surface area contributed by atoms with Crippen LogP contribution in [0.25, 0.3) is 0 Å². The second-order valence-electron chi connectivity index (χ2n) is 8.15. The second kappa shape index (κ2) is 7.72. The Labute approximate surface area is 201 Å². The van der Waals surface area contributed by atoms with Crippen molar-refractivity contribution < 1.29 is 19.4 Å². The smallest absolute Gasteiger partial charge is 0.347 e. The van der Waals surface area contributed by atoms with Crippen LogP contribution in [0.5, 0.6) is 11.5 Å². The molecule has 9 nitrogen and oxygen atoms in total. The fourth-order valence-electron chi connectivity index (χ4n) is 4.94. The molecular weight excluding hydrogens is 541 g/mol. The van der Waals surface area contributed by atoms with Gasteiger partial charge in [-0.25, -0.2) is 23.5 Å². The average molecular weight is 561 g/mol. The van der Waals surface area contributed by atoms with Gasteiger partial charge in [-0.15, -0.1) is 0 Å². The molecule has 0 radical (unpaired) electrons. The normalized spacial score (nSPS) is 21.8. The SMILES string of the molecule is CCOc1cc([C@H]2C3=CCn4c(=O)n(C)c(=O)n4[C@@H]3CC3=C2C(=O)C(I)=CC3=O)ccc1O. The molecule has 2 aromatic rings.